The van der Waals surface area contributed by atoms with Crippen LogP contribution >= 0.6 is 0 Å². The lowest BCUT2D eigenvalue weighted by molar-refractivity contribution is -0.124. The van der Waals surface area contributed by atoms with Crippen LogP contribution in [0.2, 0.25) is 0 Å². The second-order valence-electron chi connectivity index (χ2n) is 6.14. The number of rotatable bonds is 3. The highest BCUT2D eigenvalue weighted by atomic mass is 19.2. The number of fused-ring (bicyclic) bond motifs is 1. The molecule has 5 heteroatoms. The van der Waals surface area contributed by atoms with E-state index in [9.17, 15) is 13.6 Å². The maximum absolute atomic E-state index is 13.3. The third-order valence-electron chi connectivity index (χ3n) is 4.83. The summed E-state index contributed by atoms with van der Waals surface area (Å²) in [6.45, 7) is 2.69. The maximum Gasteiger partial charge on any atom is 0.237 e. The van der Waals surface area contributed by atoms with E-state index in [1.165, 1.54) is 18.9 Å². The monoisotopic (exact) mass is 294 g/mol. The van der Waals surface area contributed by atoms with Gasteiger partial charge in [-0.3, -0.25) is 4.79 Å². The minimum absolute atomic E-state index is 0.0402. The number of hydrogen-bond acceptors (Lipinski definition) is 2. The Morgan fingerprint density at radius 3 is 2.90 bits per heavy atom. The zero-order valence-electron chi connectivity index (χ0n) is 12.0. The molecule has 2 fully saturated rings. The van der Waals surface area contributed by atoms with Gasteiger partial charge in [0.2, 0.25) is 5.91 Å². The van der Waals surface area contributed by atoms with E-state index in [0.717, 1.165) is 25.1 Å². The number of hydrogen-bond donors (Lipinski definition) is 2. The summed E-state index contributed by atoms with van der Waals surface area (Å²) >= 11 is 0. The van der Waals surface area contributed by atoms with Crippen molar-refractivity contribution in [3.63, 3.8) is 0 Å². The Labute approximate surface area is 123 Å². The van der Waals surface area contributed by atoms with Crippen LogP contribution in [-0.2, 0) is 4.79 Å². The zero-order chi connectivity index (χ0) is 15.0. The number of carbonyl (C=O) groups excluding carboxylic acids is 1. The number of amides is 1. The fourth-order valence-corrected chi connectivity index (χ4v) is 3.64. The Kier molecular flexibility index (Phi) is 3.93. The molecule has 0 radical (unpaired) electrons. The largest absolute Gasteiger partial charge is 0.348 e. The van der Waals surface area contributed by atoms with Crippen LogP contribution in [0.15, 0.2) is 18.2 Å². The molecular formula is C16H20F2N2O. The molecule has 114 valence electrons. The summed E-state index contributed by atoms with van der Waals surface area (Å²) in [5.74, 6) is -0.768. The van der Waals surface area contributed by atoms with Gasteiger partial charge in [-0.05, 0) is 55.8 Å². The molecule has 1 amide bonds. The van der Waals surface area contributed by atoms with Crippen molar-refractivity contribution in [2.45, 2.75) is 38.3 Å². The molecule has 4 unspecified atom stereocenters. The first kappa shape index (κ1) is 14.4. The molecule has 21 heavy (non-hydrogen) atoms. The number of halogens is 2. The van der Waals surface area contributed by atoms with Gasteiger partial charge in [-0.25, -0.2) is 8.78 Å². The minimum atomic E-state index is -0.886. The van der Waals surface area contributed by atoms with Crippen LogP contribution in [-0.4, -0.2) is 18.5 Å². The Morgan fingerprint density at radius 2 is 2.14 bits per heavy atom. The lowest BCUT2D eigenvalue weighted by Crippen LogP contribution is -2.44. The van der Waals surface area contributed by atoms with Crippen molar-refractivity contribution in [3.8, 4) is 0 Å². The second kappa shape index (κ2) is 5.72. The van der Waals surface area contributed by atoms with E-state index in [2.05, 4.69) is 10.6 Å². The molecule has 0 bridgehead atoms. The molecule has 1 aromatic rings. The van der Waals surface area contributed by atoms with Gasteiger partial charge in [0, 0.05) is 0 Å². The third-order valence-corrected chi connectivity index (χ3v) is 4.83. The highest BCUT2D eigenvalue weighted by Crippen LogP contribution is 2.37. The van der Waals surface area contributed by atoms with Gasteiger partial charge in [-0.15, -0.1) is 0 Å². The van der Waals surface area contributed by atoms with E-state index in [4.69, 9.17) is 0 Å². The lowest BCUT2D eigenvalue weighted by Gasteiger charge is -2.21. The highest BCUT2D eigenvalue weighted by molar-refractivity contribution is 5.83. The summed E-state index contributed by atoms with van der Waals surface area (Å²) in [6, 6.07) is 3.25. The number of nitrogens with one attached hydrogen (secondary N) is 2. The van der Waals surface area contributed by atoms with E-state index in [1.807, 2.05) is 0 Å². The molecule has 1 aliphatic heterocycles. The molecular weight excluding hydrogens is 274 g/mol. The maximum atomic E-state index is 13.3. The predicted molar refractivity (Wildman–Crippen MR) is 75.5 cm³/mol. The van der Waals surface area contributed by atoms with Crippen molar-refractivity contribution in [2.24, 2.45) is 11.8 Å². The smallest absolute Gasteiger partial charge is 0.237 e. The summed E-state index contributed by atoms with van der Waals surface area (Å²) in [6.07, 6.45) is 3.48. The highest BCUT2D eigenvalue weighted by Gasteiger charge is 2.42. The van der Waals surface area contributed by atoms with Crippen LogP contribution in [0, 0.1) is 23.5 Å². The molecule has 3 nitrogen and oxygen atoms in total. The van der Waals surface area contributed by atoms with E-state index in [-0.39, 0.29) is 18.0 Å². The summed E-state index contributed by atoms with van der Waals surface area (Å²) in [4.78, 5) is 12.4. The minimum Gasteiger partial charge on any atom is -0.348 e. The Balaban J connectivity index is 1.65. The summed E-state index contributed by atoms with van der Waals surface area (Å²) in [5, 5.41) is 6.20. The van der Waals surface area contributed by atoms with Gasteiger partial charge < -0.3 is 10.6 Å². The van der Waals surface area contributed by atoms with Crippen LogP contribution in [0.3, 0.4) is 0 Å². The Morgan fingerprint density at radius 1 is 1.33 bits per heavy atom. The molecule has 4 atom stereocenters. The van der Waals surface area contributed by atoms with Crippen molar-refractivity contribution in [2.75, 3.05) is 6.54 Å². The summed E-state index contributed by atoms with van der Waals surface area (Å²) in [7, 11) is 0. The topological polar surface area (TPSA) is 41.1 Å². The molecule has 1 aliphatic carbocycles. The molecule has 1 saturated heterocycles. The van der Waals surface area contributed by atoms with Crippen LogP contribution in [0.25, 0.3) is 0 Å². The van der Waals surface area contributed by atoms with Gasteiger partial charge >= 0.3 is 0 Å². The predicted octanol–water partition coefficient (Wildman–Crippen LogP) is 2.53. The Bertz CT molecular complexity index is 549. The molecule has 0 aromatic heterocycles. The zero-order valence-corrected chi connectivity index (χ0v) is 12.0. The van der Waals surface area contributed by atoms with Gasteiger partial charge in [-0.2, -0.15) is 0 Å². The van der Waals surface area contributed by atoms with E-state index in [0.29, 0.717) is 17.4 Å². The van der Waals surface area contributed by atoms with Gasteiger partial charge in [0.25, 0.3) is 0 Å². The van der Waals surface area contributed by atoms with Crippen LogP contribution in [0.4, 0.5) is 8.78 Å². The molecule has 1 aromatic carbocycles. The fourth-order valence-electron chi connectivity index (χ4n) is 3.64. The van der Waals surface area contributed by atoms with Crippen molar-refractivity contribution < 1.29 is 13.6 Å². The van der Waals surface area contributed by atoms with Crippen LogP contribution in [0.1, 0.15) is 37.8 Å². The molecule has 2 aliphatic rings. The van der Waals surface area contributed by atoms with Gasteiger partial charge in [-0.1, -0.05) is 12.5 Å². The Hall–Kier alpha value is -1.49. The van der Waals surface area contributed by atoms with E-state index < -0.39 is 11.6 Å². The number of benzene rings is 1. The first-order valence-electron chi connectivity index (χ1n) is 7.55. The molecule has 2 N–H and O–H groups in total. The first-order valence-corrected chi connectivity index (χ1v) is 7.55. The average Bonchev–Trinajstić information content (AvgIpc) is 3.04. The first-order chi connectivity index (χ1) is 10.1. The van der Waals surface area contributed by atoms with E-state index in [1.54, 1.807) is 6.92 Å². The average molecular weight is 294 g/mol. The quantitative estimate of drug-likeness (QED) is 0.899. The summed E-state index contributed by atoms with van der Waals surface area (Å²) < 4.78 is 26.2. The van der Waals surface area contributed by atoms with Crippen molar-refractivity contribution in [3.05, 3.63) is 35.4 Å². The lowest BCUT2D eigenvalue weighted by atomic mass is 9.93. The molecule has 1 heterocycles. The van der Waals surface area contributed by atoms with Gasteiger partial charge in [0.1, 0.15) is 0 Å². The molecule has 3 rings (SSSR count). The number of carbonyl (C=O) groups is 1. The summed E-state index contributed by atoms with van der Waals surface area (Å²) in [5.41, 5.74) is 0.572. The second-order valence-corrected chi connectivity index (χ2v) is 6.14. The van der Waals surface area contributed by atoms with Gasteiger partial charge in [0.15, 0.2) is 11.6 Å². The standard InChI is InChI=1S/C16H20F2N2O/c1-9(10-5-6-13(17)14(18)7-10)20-16(21)15-12-4-2-3-11(12)8-19-15/h5-7,9,11-12,15,19H,2-4,8H2,1H3,(H,20,21). The molecule has 0 spiro atoms. The van der Waals surface area contributed by atoms with Crippen LogP contribution in [0.5, 0.6) is 0 Å². The SMILES string of the molecule is CC(NC(=O)C1NCC2CCCC21)c1ccc(F)c(F)c1. The normalized spacial score (nSPS) is 29.2. The fraction of sp³-hybridized carbons (Fsp3) is 0.562. The van der Waals surface area contributed by atoms with Gasteiger partial charge in [0.05, 0.1) is 12.1 Å². The molecule has 1 saturated carbocycles. The van der Waals surface area contributed by atoms with E-state index >= 15 is 0 Å². The third kappa shape index (κ3) is 2.79. The van der Waals surface area contributed by atoms with Crippen molar-refractivity contribution >= 4 is 5.91 Å². The van der Waals surface area contributed by atoms with Crippen molar-refractivity contribution in [1.29, 1.82) is 0 Å². The van der Waals surface area contributed by atoms with Crippen LogP contribution < -0.4 is 10.6 Å². The van der Waals surface area contributed by atoms with Crippen molar-refractivity contribution in [1.82, 2.24) is 10.6 Å².